The van der Waals surface area contributed by atoms with Crippen LogP contribution in [0.5, 0.6) is 5.75 Å². The molecule has 4 heteroatoms. The molecule has 98 valence electrons. The molecule has 1 aromatic rings. The molecule has 1 fully saturated rings. The summed E-state index contributed by atoms with van der Waals surface area (Å²) in [4.78, 5) is 0.422. The molecule has 2 unspecified atom stereocenters. The number of benzene rings is 1. The van der Waals surface area contributed by atoms with Gasteiger partial charge in [-0.25, -0.2) is 0 Å². The van der Waals surface area contributed by atoms with Gasteiger partial charge in [-0.1, -0.05) is 25.6 Å². The Labute approximate surface area is 114 Å². The predicted octanol–water partition coefficient (Wildman–Crippen LogP) is 2.93. The van der Waals surface area contributed by atoms with E-state index < -0.39 is 0 Å². The van der Waals surface area contributed by atoms with Crippen molar-refractivity contribution in [2.45, 2.75) is 32.2 Å². The number of hydrogen-bond donors (Lipinski definition) is 2. The Morgan fingerprint density at radius 3 is 2.78 bits per heavy atom. The first-order valence-corrected chi connectivity index (χ1v) is 6.77. The Morgan fingerprint density at radius 2 is 2.22 bits per heavy atom. The molecule has 3 nitrogen and oxygen atoms in total. The quantitative estimate of drug-likeness (QED) is 0.821. The first-order chi connectivity index (χ1) is 8.61. The second-order valence-electron chi connectivity index (χ2n) is 4.93. The lowest BCUT2D eigenvalue weighted by Gasteiger charge is -2.21. The van der Waals surface area contributed by atoms with E-state index in [1.54, 1.807) is 7.11 Å². The van der Waals surface area contributed by atoms with Gasteiger partial charge in [0.15, 0.2) is 0 Å². The van der Waals surface area contributed by atoms with Crippen LogP contribution in [-0.2, 0) is 0 Å². The Hall–Kier alpha value is -1.29. The van der Waals surface area contributed by atoms with Gasteiger partial charge in [0.25, 0.3) is 0 Å². The van der Waals surface area contributed by atoms with Crippen molar-refractivity contribution in [3.05, 3.63) is 23.8 Å². The summed E-state index contributed by atoms with van der Waals surface area (Å²) in [5.74, 6) is 1.51. The lowest BCUT2D eigenvalue weighted by atomic mass is 10.0. The molecule has 0 aliphatic heterocycles. The molecule has 0 aromatic heterocycles. The highest BCUT2D eigenvalue weighted by Crippen LogP contribution is 2.30. The van der Waals surface area contributed by atoms with E-state index in [1.807, 2.05) is 18.2 Å². The topological polar surface area (TPSA) is 47.3 Å². The number of nitrogens with two attached hydrogens (primary N) is 1. The summed E-state index contributed by atoms with van der Waals surface area (Å²) in [5.41, 5.74) is 7.65. The average molecular weight is 264 g/mol. The first kappa shape index (κ1) is 13.1. The lowest BCUT2D eigenvalue weighted by Crippen LogP contribution is -2.24. The van der Waals surface area contributed by atoms with Gasteiger partial charge in [-0.15, -0.1) is 0 Å². The third-order valence-corrected chi connectivity index (χ3v) is 3.91. The fourth-order valence-corrected chi connectivity index (χ4v) is 2.72. The molecule has 3 N–H and O–H groups in total. The highest BCUT2D eigenvalue weighted by atomic mass is 32.1. The van der Waals surface area contributed by atoms with E-state index in [2.05, 4.69) is 12.2 Å². The fraction of sp³-hybridized carbons (Fsp3) is 0.500. The first-order valence-electron chi connectivity index (χ1n) is 6.36. The maximum atomic E-state index is 5.77. The zero-order valence-corrected chi connectivity index (χ0v) is 11.7. The highest BCUT2D eigenvalue weighted by molar-refractivity contribution is 7.80. The largest absolute Gasteiger partial charge is 0.497 e. The lowest BCUT2D eigenvalue weighted by molar-refractivity contribution is 0.415. The summed E-state index contributed by atoms with van der Waals surface area (Å²) in [5, 5.41) is 3.57. The summed E-state index contributed by atoms with van der Waals surface area (Å²) < 4.78 is 5.26. The van der Waals surface area contributed by atoms with Gasteiger partial charge in [-0.2, -0.15) is 0 Å². The third kappa shape index (κ3) is 2.75. The van der Waals surface area contributed by atoms with E-state index in [-0.39, 0.29) is 0 Å². The van der Waals surface area contributed by atoms with Crippen LogP contribution in [0.3, 0.4) is 0 Å². The second-order valence-corrected chi connectivity index (χ2v) is 5.37. The molecule has 0 saturated heterocycles. The van der Waals surface area contributed by atoms with E-state index in [1.165, 1.54) is 19.3 Å². The molecule has 18 heavy (non-hydrogen) atoms. The molecule has 2 rings (SSSR count). The van der Waals surface area contributed by atoms with Crippen molar-refractivity contribution in [3.8, 4) is 5.75 Å². The Balaban J connectivity index is 2.25. The molecule has 1 aliphatic carbocycles. The minimum Gasteiger partial charge on any atom is -0.497 e. The van der Waals surface area contributed by atoms with Crippen molar-refractivity contribution in [2.75, 3.05) is 12.4 Å². The van der Waals surface area contributed by atoms with Crippen molar-refractivity contribution in [2.24, 2.45) is 11.7 Å². The molecule has 1 aromatic carbocycles. The van der Waals surface area contributed by atoms with Crippen LogP contribution in [0.25, 0.3) is 0 Å². The molecular weight excluding hydrogens is 244 g/mol. The predicted molar refractivity (Wildman–Crippen MR) is 79.3 cm³/mol. The van der Waals surface area contributed by atoms with E-state index in [0.29, 0.717) is 16.9 Å². The van der Waals surface area contributed by atoms with Gasteiger partial charge in [-0.3, -0.25) is 0 Å². The number of hydrogen-bond acceptors (Lipinski definition) is 3. The molecule has 0 radical (unpaired) electrons. The van der Waals surface area contributed by atoms with Crippen molar-refractivity contribution < 1.29 is 4.74 Å². The van der Waals surface area contributed by atoms with Gasteiger partial charge in [0, 0.05) is 23.4 Å². The van der Waals surface area contributed by atoms with Crippen LogP contribution in [0.2, 0.25) is 0 Å². The van der Waals surface area contributed by atoms with Gasteiger partial charge in [0.05, 0.1) is 7.11 Å². The summed E-state index contributed by atoms with van der Waals surface area (Å²) >= 11 is 5.10. The van der Waals surface area contributed by atoms with Crippen LogP contribution >= 0.6 is 12.2 Å². The van der Waals surface area contributed by atoms with Crippen molar-refractivity contribution in [1.82, 2.24) is 0 Å². The van der Waals surface area contributed by atoms with Crippen LogP contribution in [0.4, 0.5) is 5.69 Å². The van der Waals surface area contributed by atoms with Gasteiger partial charge >= 0.3 is 0 Å². The Kier molecular flexibility index (Phi) is 4.07. The standard InChI is InChI=1S/C14H20N2OS/c1-9-4-3-5-12(9)16-13-8-10(17-2)6-7-11(13)14(15)18/h6-9,12,16H,3-5H2,1-2H3,(H2,15,18). The van der Waals surface area contributed by atoms with Crippen molar-refractivity contribution >= 4 is 22.9 Å². The van der Waals surface area contributed by atoms with Gasteiger partial charge in [0.1, 0.15) is 10.7 Å². The smallest absolute Gasteiger partial charge is 0.120 e. The maximum Gasteiger partial charge on any atom is 0.120 e. The summed E-state index contributed by atoms with van der Waals surface area (Å²) in [7, 11) is 1.66. The molecule has 0 heterocycles. The van der Waals surface area contributed by atoms with Gasteiger partial charge in [-0.05, 0) is 30.9 Å². The molecule has 0 amide bonds. The fourth-order valence-electron chi connectivity index (χ4n) is 2.54. The van der Waals surface area contributed by atoms with Gasteiger partial charge < -0.3 is 15.8 Å². The van der Waals surface area contributed by atoms with E-state index >= 15 is 0 Å². The molecular formula is C14H20N2OS. The second kappa shape index (κ2) is 5.57. The number of methoxy groups -OCH3 is 1. The Bertz CT molecular complexity index is 447. The molecule has 2 atom stereocenters. The molecule has 0 bridgehead atoms. The van der Waals surface area contributed by atoms with Crippen LogP contribution in [0.15, 0.2) is 18.2 Å². The molecule has 1 aliphatic rings. The summed E-state index contributed by atoms with van der Waals surface area (Å²) in [6, 6.07) is 6.28. The number of thiocarbonyl (C=S) groups is 1. The SMILES string of the molecule is COc1ccc(C(N)=S)c(NC2CCCC2C)c1. The number of rotatable bonds is 4. The van der Waals surface area contributed by atoms with Gasteiger partial charge in [0.2, 0.25) is 0 Å². The molecule has 1 saturated carbocycles. The number of nitrogens with one attached hydrogen (secondary N) is 1. The van der Waals surface area contributed by atoms with E-state index in [9.17, 15) is 0 Å². The average Bonchev–Trinajstić information content (AvgIpc) is 2.74. The van der Waals surface area contributed by atoms with Crippen LogP contribution in [0, 0.1) is 5.92 Å². The zero-order valence-electron chi connectivity index (χ0n) is 10.9. The third-order valence-electron chi connectivity index (χ3n) is 3.69. The summed E-state index contributed by atoms with van der Waals surface area (Å²) in [6.07, 6.45) is 3.77. The maximum absolute atomic E-state index is 5.77. The van der Waals surface area contributed by atoms with Crippen LogP contribution in [-0.4, -0.2) is 18.1 Å². The van der Waals surface area contributed by atoms with Crippen molar-refractivity contribution in [1.29, 1.82) is 0 Å². The summed E-state index contributed by atoms with van der Waals surface area (Å²) in [6.45, 7) is 2.28. The van der Waals surface area contributed by atoms with E-state index in [0.717, 1.165) is 17.0 Å². The Morgan fingerprint density at radius 1 is 1.44 bits per heavy atom. The minimum absolute atomic E-state index is 0.422. The van der Waals surface area contributed by atoms with Crippen LogP contribution in [0.1, 0.15) is 31.7 Å². The van der Waals surface area contributed by atoms with E-state index in [4.69, 9.17) is 22.7 Å². The van der Waals surface area contributed by atoms with Crippen LogP contribution < -0.4 is 15.8 Å². The zero-order chi connectivity index (χ0) is 13.1. The molecule has 0 spiro atoms. The highest BCUT2D eigenvalue weighted by Gasteiger charge is 2.24. The minimum atomic E-state index is 0.422. The number of ether oxygens (including phenoxy) is 1. The van der Waals surface area contributed by atoms with Crippen molar-refractivity contribution in [3.63, 3.8) is 0 Å². The monoisotopic (exact) mass is 264 g/mol. The normalized spacial score (nSPS) is 22.8. The number of anilines is 1.